The van der Waals surface area contributed by atoms with Gasteiger partial charge >= 0.3 is 0 Å². The lowest BCUT2D eigenvalue weighted by atomic mass is 10.0. The monoisotopic (exact) mass is 166 g/mol. The van der Waals surface area contributed by atoms with Crippen molar-refractivity contribution in [3.63, 3.8) is 0 Å². The second-order valence-electron chi connectivity index (χ2n) is 3.09. The van der Waals surface area contributed by atoms with Gasteiger partial charge in [-0.05, 0) is 18.9 Å². The average Bonchev–Trinajstić information content (AvgIpc) is 2.04. The van der Waals surface area contributed by atoms with Crippen LogP contribution in [-0.2, 0) is 0 Å². The van der Waals surface area contributed by atoms with Gasteiger partial charge in [0.1, 0.15) is 0 Å². The highest BCUT2D eigenvalue weighted by atomic mass is 15.3. The number of hydrogen-bond donors (Lipinski definition) is 2. The van der Waals surface area contributed by atoms with Gasteiger partial charge in [0.25, 0.3) is 0 Å². The van der Waals surface area contributed by atoms with Crippen molar-refractivity contribution in [1.29, 1.82) is 0 Å². The molecule has 4 nitrogen and oxygen atoms in total. The molecule has 0 radical (unpaired) electrons. The van der Waals surface area contributed by atoms with Crippen LogP contribution in [0.4, 0.5) is 5.82 Å². The van der Waals surface area contributed by atoms with Gasteiger partial charge in [0.15, 0.2) is 5.82 Å². The summed E-state index contributed by atoms with van der Waals surface area (Å²) in [7, 11) is 0. The molecule has 4 heteroatoms. The van der Waals surface area contributed by atoms with Gasteiger partial charge in [0.05, 0.1) is 5.69 Å². The molecular formula is C8H14N4. The average molecular weight is 166 g/mol. The van der Waals surface area contributed by atoms with E-state index in [0.717, 1.165) is 11.3 Å². The van der Waals surface area contributed by atoms with Gasteiger partial charge in [-0.3, -0.25) is 0 Å². The molecule has 0 unspecified atom stereocenters. The molecule has 0 atom stereocenters. The Labute approximate surface area is 72.2 Å². The Balaban J connectivity index is 3.12. The molecule has 0 fully saturated rings. The third kappa shape index (κ3) is 1.71. The van der Waals surface area contributed by atoms with E-state index in [1.807, 2.05) is 13.0 Å². The van der Waals surface area contributed by atoms with Gasteiger partial charge in [-0.1, -0.05) is 13.8 Å². The Morgan fingerprint density at radius 2 is 2.08 bits per heavy atom. The van der Waals surface area contributed by atoms with E-state index in [0.29, 0.717) is 11.7 Å². The number of nitrogens with one attached hydrogen (secondary N) is 1. The third-order valence-electron chi connectivity index (χ3n) is 1.70. The van der Waals surface area contributed by atoms with Crippen LogP contribution in [0.15, 0.2) is 6.07 Å². The van der Waals surface area contributed by atoms with Crippen molar-refractivity contribution in [2.45, 2.75) is 26.7 Å². The molecule has 0 spiro atoms. The molecule has 0 aliphatic heterocycles. The topological polar surface area (TPSA) is 63.8 Å². The van der Waals surface area contributed by atoms with Crippen molar-refractivity contribution in [2.75, 3.05) is 5.43 Å². The van der Waals surface area contributed by atoms with Crippen molar-refractivity contribution < 1.29 is 0 Å². The SMILES string of the molecule is Cc1cc(C(C)C)c(NN)nn1. The Bertz CT molecular complexity index is 270. The molecule has 1 aromatic heterocycles. The minimum atomic E-state index is 0.408. The van der Waals surface area contributed by atoms with Crippen LogP contribution in [0.25, 0.3) is 0 Å². The molecule has 0 saturated heterocycles. The predicted octanol–water partition coefficient (Wildman–Crippen LogP) is 1.19. The molecular weight excluding hydrogens is 152 g/mol. The van der Waals surface area contributed by atoms with Gasteiger partial charge in [0, 0.05) is 5.56 Å². The largest absolute Gasteiger partial charge is 0.307 e. The summed E-state index contributed by atoms with van der Waals surface area (Å²) in [6.45, 7) is 6.10. The minimum Gasteiger partial charge on any atom is -0.307 e. The number of nitrogens with two attached hydrogens (primary N) is 1. The van der Waals surface area contributed by atoms with E-state index in [2.05, 4.69) is 29.5 Å². The number of nitrogen functional groups attached to an aromatic ring is 1. The Hall–Kier alpha value is -1.16. The number of hydrogen-bond acceptors (Lipinski definition) is 4. The van der Waals surface area contributed by atoms with E-state index >= 15 is 0 Å². The lowest BCUT2D eigenvalue weighted by Crippen LogP contribution is -2.13. The lowest BCUT2D eigenvalue weighted by Gasteiger charge is -2.10. The van der Waals surface area contributed by atoms with E-state index in [4.69, 9.17) is 5.84 Å². The smallest absolute Gasteiger partial charge is 0.166 e. The first kappa shape index (κ1) is 8.93. The van der Waals surface area contributed by atoms with Gasteiger partial charge in [-0.15, -0.1) is 5.10 Å². The van der Waals surface area contributed by atoms with E-state index in [9.17, 15) is 0 Å². The van der Waals surface area contributed by atoms with Crippen LogP contribution in [-0.4, -0.2) is 10.2 Å². The van der Waals surface area contributed by atoms with Crippen LogP contribution >= 0.6 is 0 Å². The van der Waals surface area contributed by atoms with Crippen LogP contribution in [0.3, 0.4) is 0 Å². The van der Waals surface area contributed by atoms with E-state index < -0.39 is 0 Å². The van der Waals surface area contributed by atoms with E-state index in [-0.39, 0.29) is 0 Å². The fourth-order valence-electron chi connectivity index (χ4n) is 1.06. The van der Waals surface area contributed by atoms with Crippen molar-refractivity contribution in [3.05, 3.63) is 17.3 Å². The molecule has 3 N–H and O–H groups in total. The summed E-state index contributed by atoms with van der Waals surface area (Å²) in [6, 6.07) is 1.99. The first-order valence-electron chi connectivity index (χ1n) is 3.96. The maximum Gasteiger partial charge on any atom is 0.166 e. The third-order valence-corrected chi connectivity index (χ3v) is 1.70. The predicted molar refractivity (Wildman–Crippen MR) is 48.7 cm³/mol. The second-order valence-corrected chi connectivity index (χ2v) is 3.09. The zero-order valence-electron chi connectivity index (χ0n) is 7.63. The summed E-state index contributed by atoms with van der Waals surface area (Å²) >= 11 is 0. The summed E-state index contributed by atoms with van der Waals surface area (Å²) in [5, 5.41) is 7.83. The molecule has 1 rings (SSSR count). The Morgan fingerprint density at radius 3 is 2.58 bits per heavy atom. The molecule has 0 bridgehead atoms. The van der Waals surface area contributed by atoms with Gasteiger partial charge in [-0.2, -0.15) is 5.10 Å². The molecule has 1 heterocycles. The van der Waals surface area contributed by atoms with Crippen molar-refractivity contribution >= 4 is 5.82 Å². The standard InChI is InChI=1S/C8H14N4/c1-5(2)7-4-6(3)11-12-8(7)10-9/h4-5H,9H2,1-3H3,(H,10,12). The quantitative estimate of drug-likeness (QED) is 0.511. The fraction of sp³-hybridized carbons (Fsp3) is 0.500. The second kappa shape index (κ2) is 3.49. The van der Waals surface area contributed by atoms with Gasteiger partial charge in [0.2, 0.25) is 0 Å². The van der Waals surface area contributed by atoms with E-state index in [1.165, 1.54) is 0 Å². The molecule has 0 aliphatic rings. The van der Waals surface area contributed by atoms with Crippen LogP contribution in [0.1, 0.15) is 31.0 Å². The number of hydrazine groups is 1. The van der Waals surface area contributed by atoms with Crippen molar-refractivity contribution in [3.8, 4) is 0 Å². The lowest BCUT2D eigenvalue weighted by molar-refractivity contribution is 0.833. The maximum atomic E-state index is 5.29. The maximum absolute atomic E-state index is 5.29. The number of aromatic nitrogens is 2. The van der Waals surface area contributed by atoms with Crippen LogP contribution in [0.5, 0.6) is 0 Å². The molecule has 1 aromatic rings. The Morgan fingerprint density at radius 1 is 1.42 bits per heavy atom. The summed E-state index contributed by atoms with van der Waals surface area (Å²) in [5.74, 6) is 6.36. The summed E-state index contributed by atoms with van der Waals surface area (Å²) in [5.41, 5.74) is 4.55. The van der Waals surface area contributed by atoms with Crippen LogP contribution < -0.4 is 11.3 Å². The molecule has 0 aromatic carbocycles. The van der Waals surface area contributed by atoms with Crippen LogP contribution in [0, 0.1) is 6.92 Å². The van der Waals surface area contributed by atoms with Crippen molar-refractivity contribution in [1.82, 2.24) is 10.2 Å². The first-order chi connectivity index (χ1) is 5.65. The highest BCUT2D eigenvalue weighted by Crippen LogP contribution is 2.20. The molecule has 12 heavy (non-hydrogen) atoms. The zero-order chi connectivity index (χ0) is 9.14. The van der Waals surface area contributed by atoms with E-state index in [1.54, 1.807) is 0 Å². The van der Waals surface area contributed by atoms with Gasteiger partial charge in [-0.25, -0.2) is 5.84 Å². The molecule has 0 saturated carbocycles. The zero-order valence-corrected chi connectivity index (χ0v) is 7.63. The molecule has 66 valence electrons. The van der Waals surface area contributed by atoms with Crippen molar-refractivity contribution in [2.24, 2.45) is 5.84 Å². The number of rotatable bonds is 2. The highest BCUT2D eigenvalue weighted by molar-refractivity contribution is 5.44. The highest BCUT2D eigenvalue weighted by Gasteiger charge is 2.07. The van der Waals surface area contributed by atoms with Crippen LogP contribution in [0.2, 0.25) is 0 Å². The summed E-state index contributed by atoms with van der Waals surface area (Å²) in [4.78, 5) is 0. The number of aryl methyl sites for hydroxylation is 1. The number of anilines is 1. The normalized spacial score (nSPS) is 10.4. The first-order valence-corrected chi connectivity index (χ1v) is 3.96. The number of nitrogens with zero attached hydrogens (tertiary/aromatic N) is 2. The summed E-state index contributed by atoms with van der Waals surface area (Å²) in [6.07, 6.45) is 0. The Kier molecular flexibility index (Phi) is 2.60. The molecule has 0 amide bonds. The minimum absolute atomic E-state index is 0.408. The molecule has 0 aliphatic carbocycles. The summed E-state index contributed by atoms with van der Waals surface area (Å²) < 4.78 is 0. The van der Waals surface area contributed by atoms with Gasteiger partial charge < -0.3 is 5.43 Å². The fourth-order valence-corrected chi connectivity index (χ4v) is 1.06.